The number of nitrogens with zero attached hydrogens (tertiary/aromatic N) is 4. The summed E-state index contributed by atoms with van der Waals surface area (Å²) in [5.74, 6) is -0.130. The van der Waals surface area contributed by atoms with Crippen molar-refractivity contribution in [3.8, 4) is 11.4 Å². The smallest absolute Gasteiger partial charge is 0.291 e. The van der Waals surface area contributed by atoms with Gasteiger partial charge in [-0.05, 0) is 55.1 Å². The maximum Gasteiger partial charge on any atom is 0.291 e. The van der Waals surface area contributed by atoms with Crippen molar-refractivity contribution >= 4 is 23.1 Å². The number of halogens is 2. The van der Waals surface area contributed by atoms with Crippen LogP contribution in [0.15, 0.2) is 61.1 Å². The largest absolute Gasteiger partial charge is 0.367 e. The highest BCUT2D eigenvalue weighted by molar-refractivity contribution is 6.04. The quantitative estimate of drug-likeness (QED) is 0.276. The van der Waals surface area contributed by atoms with E-state index in [2.05, 4.69) is 30.6 Å². The first-order chi connectivity index (χ1) is 18.5. The van der Waals surface area contributed by atoms with Crippen molar-refractivity contribution in [3.63, 3.8) is 0 Å². The zero-order chi connectivity index (χ0) is 26.5. The molecule has 4 aromatic rings. The number of piperidine rings is 1. The zero-order valence-corrected chi connectivity index (χ0v) is 20.6. The lowest BCUT2D eigenvalue weighted by atomic mass is 9.96. The van der Waals surface area contributed by atoms with Gasteiger partial charge in [-0.3, -0.25) is 4.79 Å². The van der Waals surface area contributed by atoms with Crippen LogP contribution in [-0.4, -0.2) is 45.5 Å². The van der Waals surface area contributed by atoms with Gasteiger partial charge in [0.05, 0.1) is 29.0 Å². The molecule has 1 aliphatic rings. The highest BCUT2D eigenvalue weighted by atomic mass is 19.1. The van der Waals surface area contributed by atoms with Crippen molar-refractivity contribution in [3.05, 3.63) is 84.1 Å². The maximum absolute atomic E-state index is 14.8. The molecule has 38 heavy (non-hydrogen) atoms. The van der Waals surface area contributed by atoms with Crippen LogP contribution in [0.3, 0.4) is 0 Å². The van der Waals surface area contributed by atoms with E-state index in [-0.39, 0.29) is 11.6 Å². The predicted octanol–water partition coefficient (Wildman–Crippen LogP) is 4.18. The molecule has 196 valence electrons. The molecule has 0 radical (unpaired) electrons. The van der Waals surface area contributed by atoms with Gasteiger partial charge >= 0.3 is 0 Å². The van der Waals surface area contributed by atoms with Gasteiger partial charge < -0.3 is 26.3 Å². The summed E-state index contributed by atoms with van der Waals surface area (Å²) in [7, 11) is 0. The van der Waals surface area contributed by atoms with Crippen LogP contribution in [0.2, 0.25) is 0 Å². The highest BCUT2D eigenvalue weighted by Crippen LogP contribution is 2.32. The molecule has 9 nitrogen and oxygen atoms in total. The van der Waals surface area contributed by atoms with Gasteiger partial charge in [-0.25, -0.2) is 23.7 Å². The topological polar surface area (TPSA) is 125 Å². The van der Waals surface area contributed by atoms with Gasteiger partial charge in [-0.15, -0.1) is 0 Å². The first-order valence-electron chi connectivity index (χ1n) is 12.4. The third kappa shape index (κ3) is 5.78. The molecule has 1 fully saturated rings. The zero-order valence-electron chi connectivity index (χ0n) is 20.6. The van der Waals surface area contributed by atoms with Gasteiger partial charge in [0.2, 0.25) is 0 Å². The molecule has 2 aromatic heterocycles. The van der Waals surface area contributed by atoms with Crippen LogP contribution in [0.1, 0.15) is 29.0 Å². The SMILES string of the molecule is NCC1CCN(c2c(F)cccc2NC(=O)c2ncc(-c3cc(NCc4ccc(F)cc4)ncn3)[nH]2)CC1. The number of hydrogen-bond acceptors (Lipinski definition) is 7. The Morgan fingerprint density at radius 3 is 2.63 bits per heavy atom. The highest BCUT2D eigenvalue weighted by Gasteiger charge is 2.24. The Morgan fingerprint density at radius 1 is 1.08 bits per heavy atom. The molecule has 0 spiro atoms. The summed E-state index contributed by atoms with van der Waals surface area (Å²) in [5.41, 5.74) is 8.49. The predicted molar refractivity (Wildman–Crippen MR) is 142 cm³/mol. The summed E-state index contributed by atoms with van der Waals surface area (Å²) >= 11 is 0. The van der Waals surface area contributed by atoms with E-state index in [1.54, 1.807) is 30.3 Å². The Hall–Kier alpha value is -4.38. The lowest BCUT2D eigenvalue weighted by molar-refractivity contribution is 0.101. The molecule has 11 heteroatoms. The lowest BCUT2D eigenvalue weighted by Gasteiger charge is -2.34. The van der Waals surface area contributed by atoms with Crippen molar-refractivity contribution in [2.75, 3.05) is 35.2 Å². The van der Waals surface area contributed by atoms with E-state index in [0.717, 1.165) is 18.4 Å². The van der Waals surface area contributed by atoms with Crippen LogP contribution in [0, 0.1) is 17.6 Å². The normalized spacial score (nSPS) is 13.9. The molecular weight excluding hydrogens is 490 g/mol. The van der Waals surface area contributed by atoms with E-state index in [1.165, 1.54) is 30.7 Å². The molecule has 0 aliphatic carbocycles. The molecule has 1 aliphatic heterocycles. The maximum atomic E-state index is 14.8. The number of carbonyl (C=O) groups excluding carboxylic acids is 1. The average Bonchev–Trinajstić information content (AvgIpc) is 3.44. The van der Waals surface area contributed by atoms with E-state index in [0.29, 0.717) is 60.7 Å². The number of aromatic nitrogens is 4. The number of para-hydroxylation sites is 1. The van der Waals surface area contributed by atoms with Crippen LogP contribution in [0.25, 0.3) is 11.4 Å². The second kappa shape index (κ2) is 11.3. The Morgan fingerprint density at radius 2 is 1.87 bits per heavy atom. The van der Waals surface area contributed by atoms with Gasteiger partial charge in [0.25, 0.3) is 5.91 Å². The minimum atomic E-state index is -0.497. The molecule has 1 saturated heterocycles. The molecule has 2 aromatic carbocycles. The summed E-state index contributed by atoms with van der Waals surface area (Å²) in [6, 6.07) is 12.5. The molecule has 0 atom stereocenters. The summed E-state index contributed by atoms with van der Waals surface area (Å²) < 4.78 is 28.0. The molecule has 0 unspecified atom stereocenters. The van der Waals surface area contributed by atoms with Crippen molar-refractivity contribution in [2.45, 2.75) is 19.4 Å². The van der Waals surface area contributed by atoms with Crippen molar-refractivity contribution in [2.24, 2.45) is 11.7 Å². The molecule has 1 amide bonds. The third-order valence-electron chi connectivity index (χ3n) is 6.62. The van der Waals surface area contributed by atoms with Crippen LogP contribution < -0.4 is 21.3 Å². The number of rotatable bonds is 8. The molecule has 5 rings (SSSR count). The van der Waals surface area contributed by atoms with E-state index in [4.69, 9.17) is 5.73 Å². The second-order valence-electron chi connectivity index (χ2n) is 9.17. The molecular formula is C27H28F2N8O. The number of imidazole rings is 1. The van der Waals surface area contributed by atoms with Crippen molar-refractivity contribution < 1.29 is 13.6 Å². The Kier molecular flexibility index (Phi) is 7.55. The number of hydrogen-bond donors (Lipinski definition) is 4. The monoisotopic (exact) mass is 518 g/mol. The van der Waals surface area contributed by atoms with Gasteiger partial charge in [0, 0.05) is 25.7 Å². The molecule has 0 bridgehead atoms. The summed E-state index contributed by atoms with van der Waals surface area (Å²) in [6.45, 7) is 2.41. The first-order valence-corrected chi connectivity index (χ1v) is 12.4. The lowest BCUT2D eigenvalue weighted by Crippen LogP contribution is -2.37. The number of nitrogens with two attached hydrogens (primary N) is 1. The second-order valence-corrected chi connectivity index (χ2v) is 9.17. The van der Waals surface area contributed by atoms with Crippen LogP contribution in [-0.2, 0) is 6.54 Å². The van der Waals surface area contributed by atoms with E-state index in [9.17, 15) is 13.6 Å². The summed E-state index contributed by atoms with van der Waals surface area (Å²) in [5, 5.41) is 5.97. The number of nitrogens with one attached hydrogen (secondary N) is 3. The van der Waals surface area contributed by atoms with Crippen LogP contribution in [0.4, 0.5) is 26.0 Å². The minimum Gasteiger partial charge on any atom is -0.367 e. The van der Waals surface area contributed by atoms with Crippen LogP contribution in [0.5, 0.6) is 0 Å². The Balaban J connectivity index is 1.27. The van der Waals surface area contributed by atoms with Gasteiger partial charge in [-0.1, -0.05) is 18.2 Å². The number of aromatic amines is 1. The molecule has 5 N–H and O–H groups in total. The van der Waals surface area contributed by atoms with Gasteiger partial charge in [-0.2, -0.15) is 0 Å². The average molecular weight is 519 g/mol. The van der Waals surface area contributed by atoms with Crippen LogP contribution >= 0.6 is 0 Å². The fraction of sp³-hybridized carbons (Fsp3) is 0.259. The van der Waals surface area contributed by atoms with Gasteiger partial charge in [0.1, 0.15) is 23.8 Å². The first kappa shape index (κ1) is 25.3. The summed E-state index contributed by atoms with van der Waals surface area (Å²) in [4.78, 5) is 30.6. The van der Waals surface area contributed by atoms with E-state index >= 15 is 0 Å². The third-order valence-corrected chi connectivity index (χ3v) is 6.62. The fourth-order valence-corrected chi connectivity index (χ4v) is 4.47. The number of H-pyrrole nitrogens is 1. The molecule has 3 heterocycles. The number of benzene rings is 2. The number of carbonyl (C=O) groups is 1. The number of amides is 1. The van der Waals surface area contributed by atoms with E-state index in [1.807, 2.05) is 4.90 Å². The Bertz CT molecular complexity index is 1400. The Labute approximate surface area is 218 Å². The van der Waals surface area contributed by atoms with Crippen molar-refractivity contribution in [1.82, 2.24) is 19.9 Å². The summed E-state index contributed by atoms with van der Waals surface area (Å²) in [6.07, 6.45) is 4.65. The van der Waals surface area contributed by atoms with Gasteiger partial charge in [0.15, 0.2) is 5.82 Å². The van der Waals surface area contributed by atoms with E-state index < -0.39 is 11.7 Å². The number of anilines is 3. The standard InChI is InChI=1S/C27H28F2N8O/c28-19-6-4-18(5-7-19)14-31-24-12-22(33-16-34-24)23-15-32-26(35-23)27(38)36-21-3-1-2-20(29)25(21)37-10-8-17(13-30)9-11-37/h1-7,12,15-17H,8-11,13-14,30H2,(H,32,35)(H,36,38)(H,31,33,34). The van der Waals surface area contributed by atoms with Crippen molar-refractivity contribution in [1.29, 1.82) is 0 Å². The minimum absolute atomic E-state index is 0.0662. The molecule has 0 saturated carbocycles. The fourth-order valence-electron chi connectivity index (χ4n) is 4.47.